The van der Waals surface area contributed by atoms with Crippen molar-refractivity contribution in [2.24, 2.45) is 0 Å². The SMILES string of the molecule is COC(=O)c1ccccc1N(C)C(=O)c1cccc(S(=O)(=O)N2CCCC2)c1. The number of hydrogen-bond donors (Lipinski definition) is 0. The molecule has 0 spiro atoms. The number of para-hydroxylation sites is 1. The summed E-state index contributed by atoms with van der Waals surface area (Å²) in [6.45, 7) is 0.986. The van der Waals surface area contributed by atoms with Crippen molar-refractivity contribution in [2.45, 2.75) is 17.7 Å². The van der Waals surface area contributed by atoms with Crippen molar-refractivity contribution in [3.63, 3.8) is 0 Å². The summed E-state index contributed by atoms with van der Waals surface area (Å²) in [5.74, 6) is -0.976. The van der Waals surface area contributed by atoms with Crippen LogP contribution in [0.4, 0.5) is 5.69 Å². The van der Waals surface area contributed by atoms with Crippen molar-refractivity contribution in [1.29, 1.82) is 0 Å². The van der Waals surface area contributed by atoms with Gasteiger partial charge in [0.2, 0.25) is 10.0 Å². The third kappa shape index (κ3) is 3.79. The van der Waals surface area contributed by atoms with E-state index in [9.17, 15) is 18.0 Å². The van der Waals surface area contributed by atoms with Gasteiger partial charge in [-0.05, 0) is 43.2 Å². The second kappa shape index (κ2) is 8.12. The fourth-order valence-corrected chi connectivity index (χ4v) is 4.78. The standard InChI is InChI=1S/C20H22N2O5S/c1-21(18-11-4-3-10-17(18)20(24)27-2)19(23)15-8-7-9-16(14-15)28(25,26)22-12-5-6-13-22/h3-4,7-11,14H,5-6,12-13H2,1-2H3. The van der Waals surface area contributed by atoms with E-state index < -0.39 is 21.9 Å². The number of amides is 1. The number of carbonyl (C=O) groups is 2. The van der Waals surface area contributed by atoms with Gasteiger partial charge in [-0.2, -0.15) is 4.31 Å². The molecule has 1 fully saturated rings. The highest BCUT2D eigenvalue weighted by Gasteiger charge is 2.28. The van der Waals surface area contributed by atoms with Crippen LogP contribution in [0.15, 0.2) is 53.4 Å². The number of esters is 1. The molecule has 8 heteroatoms. The Labute approximate surface area is 164 Å². The highest BCUT2D eigenvalue weighted by Crippen LogP contribution is 2.25. The van der Waals surface area contributed by atoms with E-state index in [0.717, 1.165) is 12.8 Å². The van der Waals surface area contributed by atoms with Gasteiger partial charge in [-0.15, -0.1) is 0 Å². The minimum atomic E-state index is -3.62. The van der Waals surface area contributed by atoms with Crippen molar-refractivity contribution >= 4 is 27.6 Å². The van der Waals surface area contributed by atoms with Crippen LogP contribution in [0.5, 0.6) is 0 Å². The molecule has 2 aromatic carbocycles. The molecule has 7 nitrogen and oxygen atoms in total. The first-order chi connectivity index (χ1) is 13.4. The molecule has 1 amide bonds. The summed E-state index contributed by atoms with van der Waals surface area (Å²) in [4.78, 5) is 26.4. The first-order valence-corrected chi connectivity index (χ1v) is 10.4. The molecule has 1 saturated heterocycles. The Morgan fingerprint density at radius 3 is 2.39 bits per heavy atom. The van der Waals surface area contributed by atoms with Gasteiger partial charge >= 0.3 is 5.97 Å². The highest BCUT2D eigenvalue weighted by atomic mass is 32.2. The predicted molar refractivity (Wildman–Crippen MR) is 105 cm³/mol. The average Bonchev–Trinajstić information content (AvgIpc) is 3.28. The molecule has 0 radical (unpaired) electrons. The smallest absolute Gasteiger partial charge is 0.339 e. The molecule has 1 aliphatic rings. The molecular weight excluding hydrogens is 380 g/mol. The van der Waals surface area contributed by atoms with Crippen molar-refractivity contribution in [3.05, 3.63) is 59.7 Å². The molecule has 0 saturated carbocycles. The Balaban J connectivity index is 1.93. The van der Waals surface area contributed by atoms with E-state index in [2.05, 4.69) is 0 Å². The molecule has 0 aromatic heterocycles. The van der Waals surface area contributed by atoms with Crippen molar-refractivity contribution in [3.8, 4) is 0 Å². The molecular formula is C20H22N2O5S. The lowest BCUT2D eigenvalue weighted by Crippen LogP contribution is -2.30. The summed E-state index contributed by atoms with van der Waals surface area (Å²) in [5, 5.41) is 0. The largest absolute Gasteiger partial charge is 0.465 e. The summed E-state index contributed by atoms with van der Waals surface area (Å²) in [6.07, 6.45) is 1.68. The van der Waals surface area contributed by atoms with Gasteiger partial charge in [-0.25, -0.2) is 13.2 Å². The molecule has 1 aliphatic heterocycles. The van der Waals surface area contributed by atoms with Gasteiger partial charge in [0.15, 0.2) is 0 Å². The number of carbonyl (C=O) groups excluding carboxylic acids is 2. The number of hydrogen-bond acceptors (Lipinski definition) is 5. The summed E-state index contributed by atoms with van der Waals surface area (Å²) in [6, 6.07) is 12.6. The molecule has 3 rings (SSSR count). The summed E-state index contributed by atoms with van der Waals surface area (Å²) >= 11 is 0. The third-order valence-corrected chi connectivity index (χ3v) is 6.65. The number of nitrogens with zero attached hydrogens (tertiary/aromatic N) is 2. The Bertz CT molecular complexity index is 997. The van der Waals surface area contributed by atoms with Gasteiger partial charge < -0.3 is 9.64 Å². The molecule has 0 aliphatic carbocycles. The molecule has 0 unspecified atom stereocenters. The van der Waals surface area contributed by atoms with Gasteiger partial charge in [-0.3, -0.25) is 4.79 Å². The first kappa shape index (κ1) is 20.0. The Morgan fingerprint density at radius 2 is 1.71 bits per heavy atom. The summed E-state index contributed by atoms with van der Waals surface area (Å²) in [7, 11) is -0.817. The second-order valence-electron chi connectivity index (χ2n) is 6.51. The zero-order valence-electron chi connectivity index (χ0n) is 15.8. The lowest BCUT2D eigenvalue weighted by molar-refractivity contribution is 0.0601. The Hall–Kier alpha value is -2.71. The number of methoxy groups -OCH3 is 1. The number of benzene rings is 2. The number of sulfonamides is 1. The minimum Gasteiger partial charge on any atom is -0.465 e. The van der Waals surface area contributed by atoms with E-state index in [1.165, 1.54) is 35.5 Å². The van der Waals surface area contributed by atoms with Crippen LogP contribution < -0.4 is 4.90 Å². The minimum absolute atomic E-state index is 0.0925. The van der Waals surface area contributed by atoms with Crippen LogP contribution in [0, 0.1) is 0 Å². The van der Waals surface area contributed by atoms with Crippen molar-refractivity contribution < 1.29 is 22.7 Å². The molecule has 148 valence electrons. The third-order valence-electron chi connectivity index (χ3n) is 4.76. The summed E-state index contributed by atoms with van der Waals surface area (Å²) in [5.41, 5.74) is 0.858. The van der Waals surface area contributed by atoms with Crippen LogP contribution in [0.2, 0.25) is 0 Å². The topological polar surface area (TPSA) is 84.0 Å². The van der Waals surface area contributed by atoms with Crippen molar-refractivity contribution in [2.75, 3.05) is 32.1 Å². The number of anilines is 1. The van der Waals surface area contributed by atoms with Crippen LogP contribution in [0.3, 0.4) is 0 Å². The maximum atomic E-state index is 13.0. The quantitative estimate of drug-likeness (QED) is 0.718. The van der Waals surface area contributed by atoms with Gasteiger partial charge in [-0.1, -0.05) is 18.2 Å². The van der Waals surface area contributed by atoms with Gasteiger partial charge in [0.25, 0.3) is 5.91 Å². The fraction of sp³-hybridized carbons (Fsp3) is 0.300. The highest BCUT2D eigenvalue weighted by molar-refractivity contribution is 7.89. The van der Waals surface area contributed by atoms with E-state index in [-0.39, 0.29) is 16.0 Å². The molecule has 0 atom stereocenters. The van der Waals surface area contributed by atoms with E-state index in [4.69, 9.17) is 4.74 Å². The van der Waals surface area contributed by atoms with Gasteiger partial charge in [0.05, 0.1) is 23.3 Å². The average molecular weight is 402 g/mol. The van der Waals surface area contributed by atoms with E-state index in [0.29, 0.717) is 18.8 Å². The number of ether oxygens (including phenoxy) is 1. The lowest BCUT2D eigenvalue weighted by Gasteiger charge is -2.21. The lowest BCUT2D eigenvalue weighted by atomic mass is 10.1. The summed E-state index contributed by atoms with van der Waals surface area (Å²) < 4.78 is 31.8. The maximum Gasteiger partial charge on any atom is 0.339 e. The molecule has 0 N–H and O–H groups in total. The molecule has 28 heavy (non-hydrogen) atoms. The van der Waals surface area contributed by atoms with Crippen LogP contribution in [0.1, 0.15) is 33.6 Å². The maximum absolute atomic E-state index is 13.0. The second-order valence-corrected chi connectivity index (χ2v) is 8.45. The predicted octanol–water partition coefficient (Wildman–Crippen LogP) is 2.53. The van der Waals surface area contributed by atoms with Gasteiger partial charge in [0, 0.05) is 25.7 Å². The van der Waals surface area contributed by atoms with Crippen molar-refractivity contribution in [1.82, 2.24) is 4.31 Å². The Kier molecular flexibility index (Phi) is 5.81. The van der Waals surface area contributed by atoms with E-state index in [1.54, 1.807) is 36.4 Å². The zero-order valence-corrected chi connectivity index (χ0v) is 16.6. The number of rotatable bonds is 5. The first-order valence-electron chi connectivity index (χ1n) is 8.92. The normalized spacial score (nSPS) is 14.6. The van der Waals surface area contributed by atoms with Crippen LogP contribution in [0.25, 0.3) is 0 Å². The zero-order chi connectivity index (χ0) is 20.3. The van der Waals surface area contributed by atoms with Crippen LogP contribution in [-0.4, -0.2) is 51.8 Å². The fourth-order valence-electron chi connectivity index (χ4n) is 3.22. The van der Waals surface area contributed by atoms with E-state index in [1.807, 2.05) is 0 Å². The van der Waals surface area contributed by atoms with Crippen LogP contribution in [-0.2, 0) is 14.8 Å². The monoisotopic (exact) mass is 402 g/mol. The Morgan fingerprint density at radius 1 is 1.04 bits per heavy atom. The van der Waals surface area contributed by atoms with E-state index >= 15 is 0 Å². The van der Waals surface area contributed by atoms with Gasteiger partial charge in [0.1, 0.15) is 0 Å². The molecule has 1 heterocycles. The molecule has 2 aromatic rings. The molecule has 0 bridgehead atoms. The van der Waals surface area contributed by atoms with Crippen LogP contribution >= 0.6 is 0 Å².